The summed E-state index contributed by atoms with van der Waals surface area (Å²) in [5.41, 5.74) is 1.26. The highest BCUT2D eigenvalue weighted by atomic mass is 35.5. The molecule has 1 aromatic carbocycles. The molecule has 102 valence electrons. The summed E-state index contributed by atoms with van der Waals surface area (Å²) in [5.74, 6) is 1.53. The molecule has 0 amide bonds. The molecule has 0 aliphatic heterocycles. The number of anilines is 1. The van der Waals surface area contributed by atoms with Crippen LogP contribution in [0.2, 0.25) is 0 Å². The smallest absolute Gasteiger partial charge is 0.205 e. The lowest BCUT2D eigenvalue weighted by Crippen LogP contribution is -2.24. The summed E-state index contributed by atoms with van der Waals surface area (Å²) < 4.78 is 4.40. The van der Waals surface area contributed by atoms with E-state index >= 15 is 0 Å². The van der Waals surface area contributed by atoms with Gasteiger partial charge in [-0.1, -0.05) is 37.3 Å². The van der Waals surface area contributed by atoms with Crippen molar-refractivity contribution in [3.63, 3.8) is 0 Å². The Morgan fingerprint density at radius 1 is 1.26 bits per heavy atom. The van der Waals surface area contributed by atoms with Crippen LogP contribution in [0.5, 0.6) is 0 Å². The van der Waals surface area contributed by atoms with Gasteiger partial charge in [-0.05, 0) is 12.0 Å². The molecule has 0 saturated heterocycles. The van der Waals surface area contributed by atoms with Crippen LogP contribution < -0.4 is 4.90 Å². The molecular formula is C14H18ClN3S. The molecule has 0 aliphatic rings. The van der Waals surface area contributed by atoms with Crippen molar-refractivity contribution in [3.05, 3.63) is 41.7 Å². The average Bonchev–Trinajstić information content (AvgIpc) is 2.88. The number of aromatic nitrogens is 2. The van der Waals surface area contributed by atoms with E-state index in [2.05, 4.69) is 45.4 Å². The summed E-state index contributed by atoms with van der Waals surface area (Å²) in [4.78, 5) is 6.78. The fraction of sp³-hybridized carbons (Fsp3) is 0.429. The lowest BCUT2D eigenvalue weighted by molar-refractivity contribution is 0.811. The third-order valence-electron chi connectivity index (χ3n) is 2.77. The number of alkyl halides is 1. The second kappa shape index (κ2) is 7.46. The maximum absolute atomic E-state index is 5.90. The molecule has 2 aromatic rings. The molecule has 0 fully saturated rings. The summed E-state index contributed by atoms with van der Waals surface area (Å²) in [6.45, 7) is 3.76. The maximum Gasteiger partial charge on any atom is 0.205 e. The van der Waals surface area contributed by atoms with Crippen LogP contribution in [0.3, 0.4) is 0 Å². The highest BCUT2D eigenvalue weighted by Crippen LogP contribution is 2.20. The lowest BCUT2D eigenvalue weighted by atomic mass is 10.2. The van der Waals surface area contributed by atoms with Crippen molar-refractivity contribution in [3.8, 4) is 0 Å². The molecule has 2 rings (SSSR count). The van der Waals surface area contributed by atoms with Crippen LogP contribution in [0, 0.1) is 0 Å². The number of hydrogen-bond acceptors (Lipinski definition) is 4. The van der Waals surface area contributed by atoms with E-state index in [-0.39, 0.29) is 0 Å². The van der Waals surface area contributed by atoms with Gasteiger partial charge in [0, 0.05) is 36.9 Å². The Morgan fingerprint density at radius 3 is 2.74 bits per heavy atom. The summed E-state index contributed by atoms with van der Waals surface area (Å²) in [6.07, 6.45) is 2.01. The van der Waals surface area contributed by atoms with Crippen molar-refractivity contribution in [2.45, 2.75) is 26.3 Å². The minimum Gasteiger partial charge on any atom is -0.341 e. The third-order valence-corrected chi connectivity index (χ3v) is 3.76. The minimum atomic E-state index is 0.593. The topological polar surface area (TPSA) is 29.0 Å². The van der Waals surface area contributed by atoms with E-state index in [1.165, 1.54) is 17.1 Å². The first-order chi connectivity index (χ1) is 9.33. The number of rotatable bonds is 7. The minimum absolute atomic E-state index is 0.593. The first-order valence-corrected chi connectivity index (χ1v) is 7.81. The van der Waals surface area contributed by atoms with E-state index in [0.717, 1.165) is 36.9 Å². The lowest BCUT2D eigenvalue weighted by Gasteiger charge is -2.20. The van der Waals surface area contributed by atoms with Crippen LogP contribution in [0.25, 0.3) is 0 Å². The Morgan fingerprint density at radius 2 is 2.05 bits per heavy atom. The molecule has 0 N–H and O–H groups in total. The van der Waals surface area contributed by atoms with Crippen molar-refractivity contribution in [1.82, 2.24) is 9.36 Å². The Kier molecular flexibility index (Phi) is 5.61. The van der Waals surface area contributed by atoms with Crippen LogP contribution in [0.15, 0.2) is 30.3 Å². The Balaban J connectivity index is 2.10. The highest BCUT2D eigenvalue weighted by Gasteiger charge is 2.12. The van der Waals surface area contributed by atoms with Gasteiger partial charge in [0.1, 0.15) is 5.82 Å². The molecule has 0 radical (unpaired) electrons. The molecule has 5 heteroatoms. The van der Waals surface area contributed by atoms with Gasteiger partial charge in [0.25, 0.3) is 0 Å². The van der Waals surface area contributed by atoms with Gasteiger partial charge in [-0.3, -0.25) is 0 Å². The molecule has 0 atom stereocenters. The first kappa shape index (κ1) is 14.3. The zero-order valence-corrected chi connectivity index (χ0v) is 12.6. The quantitative estimate of drug-likeness (QED) is 0.729. The van der Waals surface area contributed by atoms with Crippen molar-refractivity contribution in [2.75, 3.05) is 17.3 Å². The first-order valence-electron chi connectivity index (χ1n) is 6.51. The molecule has 3 nitrogen and oxygen atoms in total. The van der Waals surface area contributed by atoms with Gasteiger partial charge < -0.3 is 4.90 Å². The zero-order chi connectivity index (χ0) is 13.5. The van der Waals surface area contributed by atoms with Crippen molar-refractivity contribution < 1.29 is 0 Å². The van der Waals surface area contributed by atoms with Crippen LogP contribution in [0.4, 0.5) is 5.13 Å². The number of halogens is 1. The Labute approximate surface area is 123 Å². The molecule has 19 heavy (non-hydrogen) atoms. The highest BCUT2D eigenvalue weighted by molar-refractivity contribution is 7.09. The Bertz CT molecular complexity index is 486. The molecular weight excluding hydrogens is 278 g/mol. The molecule has 0 saturated carbocycles. The van der Waals surface area contributed by atoms with E-state index in [4.69, 9.17) is 11.6 Å². The molecule has 0 aliphatic carbocycles. The standard InChI is InChI=1S/C14H18ClN3S/c1-2-6-13-16-14(19-17-13)18(10-9-15)11-12-7-4-3-5-8-12/h3-5,7-8H,2,6,9-11H2,1H3. The summed E-state index contributed by atoms with van der Waals surface area (Å²) >= 11 is 7.36. The van der Waals surface area contributed by atoms with Crippen molar-refractivity contribution >= 4 is 28.3 Å². The van der Waals surface area contributed by atoms with Crippen molar-refractivity contribution in [2.24, 2.45) is 0 Å². The van der Waals surface area contributed by atoms with E-state index < -0.39 is 0 Å². The van der Waals surface area contributed by atoms with E-state index in [1.807, 2.05) is 6.07 Å². The fourth-order valence-electron chi connectivity index (χ4n) is 1.85. The van der Waals surface area contributed by atoms with Gasteiger partial charge in [0.2, 0.25) is 5.13 Å². The monoisotopic (exact) mass is 295 g/mol. The molecule has 0 unspecified atom stereocenters. The number of nitrogens with zero attached hydrogens (tertiary/aromatic N) is 3. The Hall–Kier alpha value is -1.13. The van der Waals surface area contributed by atoms with Crippen LogP contribution >= 0.6 is 23.1 Å². The van der Waals surface area contributed by atoms with Gasteiger partial charge in [-0.25, -0.2) is 4.98 Å². The van der Waals surface area contributed by atoms with Gasteiger partial charge in [0.15, 0.2) is 0 Å². The van der Waals surface area contributed by atoms with Crippen LogP contribution in [-0.2, 0) is 13.0 Å². The maximum atomic E-state index is 5.90. The third kappa shape index (κ3) is 4.18. The predicted molar refractivity (Wildman–Crippen MR) is 82.1 cm³/mol. The number of aryl methyl sites for hydroxylation is 1. The summed E-state index contributed by atoms with van der Waals surface area (Å²) in [5, 5.41) is 0.966. The fourth-order valence-corrected chi connectivity index (χ4v) is 2.79. The normalized spacial score (nSPS) is 10.6. The van der Waals surface area contributed by atoms with Crippen molar-refractivity contribution in [1.29, 1.82) is 0 Å². The predicted octanol–water partition coefficient (Wildman–Crippen LogP) is 3.74. The second-order valence-corrected chi connectivity index (χ2v) is 5.45. The van der Waals surface area contributed by atoms with Crippen LogP contribution in [-0.4, -0.2) is 21.8 Å². The zero-order valence-electron chi connectivity index (χ0n) is 11.1. The van der Waals surface area contributed by atoms with E-state index in [1.54, 1.807) is 0 Å². The van der Waals surface area contributed by atoms with Gasteiger partial charge >= 0.3 is 0 Å². The van der Waals surface area contributed by atoms with Gasteiger partial charge in [0.05, 0.1) is 0 Å². The molecule has 1 heterocycles. The average molecular weight is 296 g/mol. The summed E-state index contributed by atoms with van der Waals surface area (Å²) in [6, 6.07) is 10.4. The van der Waals surface area contributed by atoms with E-state index in [0.29, 0.717) is 5.88 Å². The number of hydrogen-bond donors (Lipinski definition) is 0. The van der Waals surface area contributed by atoms with E-state index in [9.17, 15) is 0 Å². The molecule has 0 spiro atoms. The largest absolute Gasteiger partial charge is 0.341 e. The SMILES string of the molecule is CCCc1nsc(N(CCCl)Cc2ccccc2)n1. The van der Waals surface area contributed by atoms with Gasteiger partial charge in [-0.15, -0.1) is 11.6 Å². The van der Waals surface area contributed by atoms with Gasteiger partial charge in [-0.2, -0.15) is 4.37 Å². The second-order valence-electron chi connectivity index (χ2n) is 4.34. The molecule has 0 bridgehead atoms. The number of benzene rings is 1. The summed E-state index contributed by atoms with van der Waals surface area (Å²) in [7, 11) is 0. The molecule has 1 aromatic heterocycles. The van der Waals surface area contributed by atoms with Crippen LogP contribution in [0.1, 0.15) is 24.7 Å².